The number of anilines is 1. The fourth-order valence-electron chi connectivity index (χ4n) is 3.36. The molecule has 3 aromatic rings. The summed E-state index contributed by atoms with van der Waals surface area (Å²) < 4.78 is 28.9. The van der Waals surface area contributed by atoms with Crippen LogP contribution in [-0.2, 0) is 5.92 Å². The highest BCUT2D eigenvalue weighted by molar-refractivity contribution is 5.93. The van der Waals surface area contributed by atoms with E-state index in [1.165, 1.54) is 26.0 Å². The van der Waals surface area contributed by atoms with Gasteiger partial charge in [-0.25, -0.2) is 8.78 Å². The number of benzene rings is 1. The fourth-order valence-corrected chi connectivity index (χ4v) is 3.36. The first kappa shape index (κ1) is 16.9. The fraction of sp³-hybridized carbons (Fsp3) is 0.421. The Morgan fingerprint density at radius 3 is 2.65 bits per heavy atom. The number of halogens is 2. The number of aromatic amines is 1. The molecular formula is C19H21F2N5. The SMILES string of the molecule is CC(C)C(F)(F)c1ccc2[nH]nc(-c3cnnc(N4CCCC4)c3)c2c1. The molecule has 0 amide bonds. The lowest BCUT2D eigenvalue weighted by Crippen LogP contribution is -2.20. The van der Waals surface area contributed by atoms with Crippen molar-refractivity contribution in [2.24, 2.45) is 5.92 Å². The van der Waals surface area contributed by atoms with E-state index in [0.717, 1.165) is 42.8 Å². The minimum atomic E-state index is -2.89. The van der Waals surface area contributed by atoms with Gasteiger partial charge in [0.15, 0.2) is 5.82 Å². The zero-order valence-corrected chi connectivity index (χ0v) is 14.8. The van der Waals surface area contributed by atoms with Gasteiger partial charge in [-0.05, 0) is 31.0 Å². The second-order valence-electron chi connectivity index (χ2n) is 7.11. The summed E-state index contributed by atoms with van der Waals surface area (Å²) in [5, 5.41) is 16.2. The molecule has 1 saturated heterocycles. The molecule has 7 heteroatoms. The lowest BCUT2D eigenvalue weighted by molar-refractivity contribution is -0.0512. The third-order valence-electron chi connectivity index (χ3n) is 5.02. The number of alkyl halides is 2. The van der Waals surface area contributed by atoms with Crippen molar-refractivity contribution in [3.63, 3.8) is 0 Å². The quantitative estimate of drug-likeness (QED) is 0.753. The average Bonchev–Trinajstić information content (AvgIpc) is 3.31. The predicted molar refractivity (Wildman–Crippen MR) is 97.3 cm³/mol. The predicted octanol–water partition coefficient (Wildman–Crippen LogP) is 4.37. The molecule has 1 N–H and O–H groups in total. The Labute approximate surface area is 150 Å². The molecule has 1 aliphatic heterocycles. The Hall–Kier alpha value is -2.57. The summed E-state index contributed by atoms with van der Waals surface area (Å²) in [5.74, 6) is -2.86. The maximum atomic E-state index is 14.5. The largest absolute Gasteiger partial charge is 0.355 e. The highest BCUT2D eigenvalue weighted by Crippen LogP contribution is 2.38. The van der Waals surface area contributed by atoms with Gasteiger partial charge in [0, 0.05) is 35.5 Å². The van der Waals surface area contributed by atoms with Gasteiger partial charge < -0.3 is 4.90 Å². The molecule has 1 aromatic carbocycles. The van der Waals surface area contributed by atoms with Crippen LogP contribution < -0.4 is 4.90 Å². The van der Waals surface area contributed by atoms with Crippen molar-refractivity contribution in [1.29, 1.82) is 0 Å². The van der Waals surface area contributed by atoms with E-state index in [9.17, 15) is 8.78 Å². The molecule has 136 valence electrons. The van der Waals surface area contributed by atoms with Crippen LogP contribution in [0.3, 0.4) is 0 Å². The maximum absolute atomic E-state index is 14.5. The Balaban J connectivity index is 1.78. The number of nitrogens with one attached hydrogen (secondary N) is 1. The molecule has 2 aromatic heterocycles. The van der Waals surface area contributed by atoms with E-state index < -0.39 is 11.8 Å². The number of fused-ring (bicyclic) bond motifs is 1. The third-order valence-corrected chi connectivity index (χ3v) is 5.02. The number of aromatic nitrogens is 4. The van der Waals surface area contributed by atoms with E-state index in [1.54, 1.807) is 12.3 Å². The molecular weight excluding hydrogens is 336 g/mol. The zero-order chi connectivity index (χ0) is 18.3. The minimum absolute atomic E-state index is 0.00410. The molecule has 26 heavy (non-hydrogen) atoms. The average molecular weight is 357 g/mol. The van der Waals surface area contributed by atoms with Crippen LogP contribution in [0, 0.1) is 5.92 Å². The molecule has 1 aliphatic rings. The molecule has 1 fully saturated rings. The summed E-state index contributed by atoms with van der Waals surface area (Å²) in [6.45, 7) is 4.97. The Morgan fingerprint density at radius 2 is 1.92 bits per heavy atom. The van der Waals surface area contributed by atoms with Crippen molar-refractivity contribution in [1.82, 2.24) is 20.4 Å². The van der Waals surface area contributed by atoms with Gasteiger partial charge in [0.1, 0.15) is 5.69 Å². The topological polar surface area (TPSA) is 57.7 Å². The van der Waals surface area contributed by atoms with Gasteiger partial charge in [-0.2, -0.15) is 10.2 Å². The van der Waals surface area contributed by atoms with Gasteiger partial charge in [0.05, 0.1) is 11.7 Å². The van der Waals surface area contributed by atoms with E-state index in [1.807, 2.05) is 6.07 Å². The van der Waals surface area contributed by atoms with E-state index in [-0.39, 0.29) is 5.56 Å². The number of hydrogen-bond acceptors (Lipinski definition) is 4. The van der Waals surface area contributed by atoms with Crippen LogP contribution in [0.2, 0.25) is 0 Å². The lowest BCUT2D eigenvalue weighted by atomic mass is 9.96. The molecule has 0 aliphatic carbocycles. The highest BCUT2D eigenvalue weighted by Gasteiger charge is 2.35. The van der Waals surface area contributed by atoms with Crippen molar-refractivity contribution in [3.05, 3.63) is 36.0 Å². The first-order valence-corrected chi connectivity index (χ1v) is 8.91. The molecule has 0 unspecified atom stereocenters. The van der Waals surface area contributed by atoms with Crippen LogP contribution in [0.1, 0.15) is 32.3 Å². The molecule has 4 rings (SSSR count). The lowest BCUT2D eigenvalue weighted by Gasteiger charge is -2.20. The van der Waals surface area contributed by atoms with Crippen molar-refractivity contribution >= 4 is 16.7 Å². The molecule has 5 nitrogen and oxygen atoms in total. The summed E-state index contributed by atoms with van der Waals surface area (Å²) in [4.78, 5) is 2.18. The maximum Gasteiger partial charge on any atom is 0.275 e. The van der Waals surface area contributed by atoms with Crippen molar-refractivity contribution in [3.8, 4) is 11.3 Å². The molecule has 0 radical (unpaired) electrons. The summed E-state index contributed by atoms with van der Waals surface area (Å²) in [6.07, 6.45) is 3.91. The van der Waals surface area contributed by atoms with Crippen LogP contribution in [0.5, 0.6) is 0 Å². The number of hydrogen-bond donors (Lipinski definition) is 1. The normalized spacial score (nSPS) is 15.3. The van der Waals surface area contributed by atoms with E-state index in [2.05, 4.69) is 25.3 Å². The van der Waals surface area contributed by atoms with E-state index in [0.29, 0.717) is 11.1 Å². The Bertz CT molecular complexity index is 929. The van der Waals surface area contributed by atoms with Gasteiger partial charge in [-0.15, -0.1) is 5.10 Å². The smallest absolute Gasteiger partial charge is 0.275 e. The molecule has 0 saturated carbocycles. The number of H-pyrrole nitrogens is 1. The van der Waals surface area contributed by atoms with Crippen molar-refractivity contribution in [2.75, 3.05) is 18.0 Å². The van der Waals surface area contributed by atoms with Crippen LogP contribution >= 0.6 is 0 Å². The first-order chi connectivity index (χ1) is 12.5. The summed E-state index contributed by atoms with van der Waals surface area (Å²) in [5.41, 5.74) is 2.13. The Morgan fingerprint density at radius 1 is 1.15 bits per heavy atom. The van der Waals surface area contributed by atoms with Crippen molar-refractivity contribution in [2.45, 2.75) is 32.6 Å². The number of rotatable bonds is 4. The van der Waals surface area contributed by atoms with Gasteiger partial charge in [-0.3, -0.25) is 5.10 Å². The van der Waals surface area contributed by atoms with Gasteiger partial charge in [0.2, 0.25) is 0 Å². The van der Waals surface area contributed by atoms with E-state index >= 15 is 0 Å². The van der Waals surface area contributed by atoms with Crippen LogP contribution in [0.25, 0.3) is 22.2 Å². The zero-order valence-electron chi connectivity index (χ0n) is 14.8. The van der Waals surface area contributed by atoms with Gasteiger partial charge in [0.25, 0.3) is 5.92 Å². The van der Waals surface area contributed by atoms with Gasteiger partial charge >= 0.3 is 0 Å². The molecule has 0 bridgehead atoms. The van der Waals surface area contributed by atoms with Crippen molar-refractivity contribution < 1.29 is 8.78 Å². The molecule has 0 spiro atoms. The summed E-state index contributed by atoms with van der Waals surface area (Å²) >= 11 is 0. The summed E-state index contributed by atoms with van der Waals surface area (Å²) in [7, 11) is 0. The van der Waals surface area contributed by atoms with Crippen LogP contribution in [0.15, 0.2) is 30.5 Å². The highest BCUT2D eigenvalue weighted by atomic mass is 19.3. The minimum Gasteiger partial charge on any atom is -0.355 e. The standard InChI is InChI=1S/C19H21F2N5/c1-12(2)19(20,21)14-5-6-16-15(10-14)18(25-23-16)13-9-17(24-22-11-13)26-7-3-4-8-26/h5-6,9-12H,3-4,7-8H2,1-2H3,(H,23,25). The van der Waals surface area contributed by atoms with E-state index in [4.69, 9.17) is 0 Å². The second-order valence-corrected chi connectivity index (χ2v) is 7.11. The third kappa shape index (κ3) is 2.81. The monoisotopic (exact) mass is 357 g/mol. The molecule has 3 heterocycles. The first-order valence-electron chi connectivity index (χ1n) is 8.91. The Kier molecular flexibility index (Phi) is 4.09. The molecule has 0 atom stereocenters. The van der Waals surface area contributed by atoms with Gasteiger partial charge in [-0.1, -0.05) is 19.9 Å². The number of nitrogens with zero attached hydrogens (tertiary/aromatic N) is 4. The summed E-state index contributed by atoms with van der Waals surface area (Å²) in [6, 6.07) is 6.59. The van der Waals surface area contributed by atoms with Crippen LogP contribution in [0.4, 0.5) is 14.6 Å². The second kappa shape index (κ2) is 6.30. The van der Waals surface area contributed by atoms with Crippen LogP contribution in [-0.4, -0.2) is 33.5 Å².